The Balaban J connectivity index is 0.00000300. The van der Waals surface area contributed by atoms with E-state index in [4.69, 9.17) is 4.42 Å². The number of benzene rings is 1. The minimum atomic E-state index is -0.563. The zero-order valence-corrected chi connectivity index (χ0v) is 17.3. The zero-order valence-electron chi connectivity index (χ0n) is 16.5. The predicted octanol–water partition coefficient (Wildman–Crippen LogP) is 2.70. The van der Waals surface area contributed by atoms with Gasteiger partial charge in [0, 0.05) is 31.6 Å². The molecule has 160 valence electrons. The Labute approximate surface area is 174 Å². The number of nitro groups is 1. The van der Waals surface area contributed by atoms with E-state index in [1.165, 1.54) is 22.8 Å². The summed E-state index contributed by atoms with van der Waals surface area (Å²) in [5.74, 6) is -0.447. The molecule has 0 aliphatic carbocycles. The average molecular weight is 427 g/mol. The Morgan fingerprint density at radius 3 is 2.76 bits per heavy atom. The van der Waals surface area contributed by atoms with Crippen LogP contribution in [0.5, 0.6) is 0 Å². The first-order valence-corrected chi connectivity index (χ1v) is 9.79. The van der Waals surface area contributed by atoms with Crippen molar-refractivity contribution in [2.45, 2.75) is 51.6 Å². The molecule has 10 heteroatoms. The highest BCUT2D eigenvalue weighted by Gasteiger charge is 2.24. The number of fused-ring (bicyclic) bond motifs is 1. The number of hydrogen-bond donors (Lipinski definition) is 1. The van der Waals surface area contributed by atoms with Crippen LogP contribution in [0.1, 0.15) is 39.0 Å². The van der Waals surface area contributed by atoms with Crippen molar-refractivity contribution in [1.82, 2.24) is 14.8 Å². The van der Waals surface area contributed by atoms with E-state index in [1.54, 1.807) is 0 Å². The summed E-state index contributed by atoms with van der Waals surface area (Å²) in [6.07, 6.45) is 3.72. The molecule has 0 bridgehead atoms. The molecule has 1 aromatic heterocycles. The zero-order chi connectivity index (χ0) is 20.1. The molecule has 1 fully saturated rings. The lowest BCUT2D eigenvalue weighted by Gasteiger charge is -2.34. The van der Waals surface area contributed by atoms with Gasteiger partial charge >= 0.3 is 5.76 Å². The van der Waals surface area contributed by atoms with Crippen molar-refractivity contribution in [3.8, 4) is 0 Å². The Kier molecular flexibility index (Phi) is 8.21. The van der Waals surface area contributed by atoms with Crippen LogP contribution in [0.4, 0.5) is 5.69 Å². The van der Waals surface area contributed by atoms with Gasteiger partial charge in [-0.25, -0.2) is 4.79 Å². The van der Waals surface area contributed by atoms with E-state index in [2.05, 4.69) is 12.2 Å². The highest BCUT2D eigenvalue weighted by molar-refractivity contribution is 5.85. The number of nitro benzene ring substituents is 1. The standard InChI is InChI=1S/C19H26N4O5.ClH/c1-2-11-21(14-7-9-20-10-8-14)18(24)4-3-12-22-16-6-5-15(23(26)27)13-17(16)28-19(22)25;/h5-6,13-14,20H,2-4,7-12H2,1H3;1H. The van der Waals surface area contributed by atoms with Gasteiger partial charge in [0.25, 0.3) is 5.69 Å². The number of aryl methyl sites for hydroxylation is 1. The van der Waals surface area contributed by atoms with Gasteiger partial charge in [-0.15, -0.1) is 12.4 Å². The molecule has 0 radical (unpaired) electrons. The van der Waals surface area contributed by atoms with Crippen molar-refractivity contribution in [3.05, 3.63) is 38.9 Å². The molecule has 0 atom stereocenters. The van der Waals surface area contributed by atoms with Crippen LogP contribution in [0.3, 0.4) is 0 Å². The van der Waals surface area contributed by atoms with E-state index in [1.807, 2.05) is 4.90 Å². The second kappa shape index (κ2) is 10.4. The molecule has 1 amide bonds. The first kappa shape index (κ1) is 22.9. The molecule has 0 spiro atoms. The number of nitrogens with one attached hydrogen (secondary N) is 1. The number of piperidine rings is 1. The maximum atomic E-state index is 12.7. The fourth-order valence-corrected chi connectivity index (χ4v) is 3.78. The molecule has 2 aromatic rings. The number of carbonyl (C=O) groups is 1. The molecule has 3 rings (SSSR count). The van der Waals surface area contributed by atoms with Gasteiger partial charge in [0.15, 0.2) is 5.58 Å². The first-order valence-electron chi connectivity index (χ1n) is 9.79. The molecule has 1 N–H and O–H groups in total. The van der Waals surface area contributed by atoms with Crippen LogP contribution >= 0.6 is 12.4 Å². The SMILES string of the molecule is CCCN(C(=O)CCCn1c(=O)oc2cc([N+](=O)[O-])ccc21)C1CCNCC1.Cl. The molecule has 29 heavy (non-hydrogen) atoms. The number of oxazole rings is 1. The van der Waals surface area contributed by atoms with Crippen LogP contribution in [0.2, 0.25) is 0 Å². The van der Waals surface area contributed by atoms with Crippen LogP contribution in [0, 0.1) is 10.1 Å². The quantitative estimate of drug-likeness (QED) is 0.513. The van der Waals surface area contributed by atoms with Crippen LogP contribution in [0.15, 0.2) is 27.4 Å². The number of aromatic nitrogens is 1. The number of non-ortho nitro benzene ring substituents is 1. The number of halogens is 1. The summed E-state index contributed by atoms with van der Waals surface area (Å²) in [4.78, 5) is 37.2. The van der Waals surface area contributed by atoms with E-state index >= 15 is 0 Å². The molecule has 0 saturated carbocycles. The number of rotatable bonds is 8. The Hall–Kier alpha value is -2.39. The van der Waals surface area contributed by atoms with Crippen molar-refractivity contribution in [2.75, 3.05) is 19.6 Å². The third-order valence-electron chi connectivity index (χ3n) is 5.17. The van der Waals surface area contributed by atoms with E-state index in [0.29, 0.717) is 24.9 Å². The van der Waals surface area contributed by atoms with Crippen molar-refractivity contribution in [2.24, 2.45) is 0 Å². The highest BCUT2D eigenvalue weighted by atomic mass is 35.5. The van der Waals surface area contributed by atoms with Crippen LogP contribution in [-0.4, -0.2) is 46.0 Å². The second-order valence-corrected chi connectivity index (χ2v) is 7.10. The minimum absolute atomic E-state index is 0. The molecule has 1 aliphatic rings. The lowest BCUT2D eigenvalue weighted by Crippen LogP contribution is -2.46. The average Bonchev–Trinajstić information content (AvgIpc) is 3.01. The molecular formula is C19H27ClN4O5. The lowest BCUT2D eigenvalue weighted by molar-refractivity contribution is -0.384. The van der Waals surface area contributed by atoms with Gasteiger partial charge < -0.3 is 14.6 Å². The second-order valence-electron chi connectivity index (χ2n) is 7.10. The van der Waals surface area contributed by atoms with Gasteiger partial charge in [0.1, 0.15) is 0 Å². The smallest absolute Gasteiger partial charge is 0.407 e. The van der Waals surface area contributed by atoms with Gasteiger partial charge in [-0.3, -0.25) is 19.5 Å². The van der Waals surface area contributed by atoms with E-state index in [-0.39, 0.29) is 35.6 Å². The van der Waals surface area contributed by atoms with Crippen LogP contribution in [-0.2, 0) is 11.3 Å². The molecule has 1 saturated heterocycles. The minimum Gasteiger partial charge on any atom is -0.407 e. The van der Waals surface area contributed by atoms with Crippen LogP contribution < -0.4 is 11.1 Å². The van der Waals surface area contributed by atoms with Gasteiger partial charge in [0.2, 0.25) is 5.91 Å². The fourth-order valence-electron chi connectivity index (χ4n) is 3.78. The van der Waals surface area contributed by atoms with Crippen molar-refractivity contribution >= 4 is 35.1 Å². The highest BCUT2D eigenvalue weighted by Crippen LogP contribution is 2.21. The van der Waals surface area contributed by atoms with Crippen molar-refractivity contribution in [3.63, 3.8) is 0 Å². The van der Waals surface area contributed by atoms with Gasteiger partial charge in [-0.2, -0.15) is 0 Å². The molecule has 0 unspecified atom stereocenters. The lowest BCUT2D eigenvalue weighted by atomic mass is 10.0. The number of nitrogens with zero attached hydrogens (tertiary/aromatic N) is 3. The molecule has 1 aromatic carbocycles. The molecule has 1 aliphatic heterocycles. The summed E-state index contributed by atoms with van der Waals surface area (Å²) in [6.45, 7) is 5.02. The van der Waals surface area contributed by atoms with Crippen molar-refractivity contribution in [1.29, 1.82) is 0 Å². The maximum Gasteiger partial charge on any atom is 0.419 e. The number of carbonyl (C=O) groups excluding carboxylic acids is 1. The predicted molar refractivity (Wildman–Crippen MR) is 112 cm³/mol. The van der Waals surface area contributed by atoms with E-state index in [9.17, 15) is 19.7 Å². The molecular weight excluding hydrogens is 400 g/mol. The largest absolute Gasteiger partial charge is 0.419 e. The first-order chi connectivity index (χ1) is 13.5. The third kappa shape index (κ3) is 5.36. The van der Waals surface area contributed by atoms with E-state index < -0.39 is 10.7 Å². The van der Waals surface area contributed by atoms with Gasteiger partial charge in [-0.1, -0.05) is 6.92 Å². The normalized spacial score (nSPS) is 14.5. The monoisotopic (exact) mass is 426 g/mol. The Bertz CT molecular complexity index is 904. The summed E-state index contributed by atoms with van der Waals surface area (Å²) in [5.41, 5.74) is 0.570. The summed E-state index contributed by atoms with van der Waals surface area (Å²) in [5, 5.41) is 14.2. The summed E-state index contributed by atoms with van der Waals surface area (Å²) in [6, 6.07) is 4.39. The van der Waals surface area contributed by atoms with Gasteiger partial charge in [0.05, 0.1) is 16.5 Å². The molecule has 2 heterocycles. The maximum absolute atomic E-state index is 12.7. The number of amides is 1. The summed E-state index contributed by atoms with van der Waals surface area (Å²) in [7, 11) is 0. The van der Waals surface area contributed by atoms with Gasteiger partial charge in [-0.05, 0) is 44.8 Å². The third-order valence-corrected chi connectivity index (χ3v) is 5.17. The van der Waals surface area contributed by atoms with E-state index in [0.717, 1.165) is 38.9 Å². The summed E-state index contributed by atoms with van der Waals surface area (Å²) >= 11 is 0. The van der Waals surface area contributed by atoms with Crippen LogP contribution in [0.25, 0.3) is 11.1 Å². The molecule has 9 nitrogen and oxygen atoms in total. The van der Waals surface area contributed by atoms with Crippen molar-refractivity contribution < 1.29 is 14.1 Å². The topological polar surface area (TPSA) is 111 Å². The summed E-state index contributed by atoms with van der Waals surface area (Å²) < 4.78 is 6.56. The Morgan fingerprint density at radius 1 is 1.38 bits per heavy atom. The fraction of sp³-hybridized carbons (Fsp3) is 0.579. The Morgan fingerprint density at radius 2 is 2.10 bits per heavy atom. The number of hydrogen-bond acceptors (Lipinski definition) is 6.